The molecule has 0 aromatic heterocycles. The van der Waals surface area contributed by atoms with Crippen molar-refractivity contribution in [3.63, 3.8) is 0 Å². The molecule has 0 bridgehead atoms. The van der Waals surface area contributed by atoms with Gasteiger partial charge in [0.2, 0.25) is 0 Å². The van der Waals surface area contributed by atoms with Gasteiger partial charge in [-0.2, -0.15) is 0 Å². The maximum Gasteiger partial charge on any atom is 0.144 e. The van der Waals surface area contributed by atoms with Crippen LogP contribution in [0.4, 0.5) is 0 Å². The van der Waals surface area contributed by atoms with E-state index in [-0.39, 0.29) is 0 Å². The van der Waals surface area contributed by atoms with Gasteiger partial charge in [0.25, 0.3) is 0 Å². The normalized spacial score (nSPS) is 11.4. The van der Waals surface area contributed by atoms with E-state index in [9.17, 15) is 0 Å². The van der Waals surface area contributed by atoms with Crippen LogP contribution in [-0.4, -0.2) is 21.3 Å². The summed E-state index contributed by atoms with van der Waals surface area (Å²) in [7, 11) is 5.01. The highest BCUT2D eigenvalue weighted by Gasteiger charge is 2.38. The maximum absolute atomic E-state index is 6.99. The summed E-state index contributed by atoms with van der Waals surface area (Å²) >= 11 is 0. The van der Waals surface area contributed by atoms with Gasteiger partial charge in [-0.25, -0.2) is 0 Å². The highest BCUT2D eigenvalue weighted by molar-refractivity contribution is 5.76. The zero-order chi connectivity index (χ0) is 27.0. The van der Waals surface area contributed by atoms with Crippen molar-refractivity contribution in [2.45, 2.75) is 19.1 Å². The van der Waals surface area contributed by atoms with E-state index in [0.29, 0.717) is 6.61 Å². The van der Waals surface area contributed by atoms with Crippen LogP contribution in [0.15, 0.2) is 116 Å². The number of rotatable bonds is 11. The second-order valence-corrected chi connectivity index (χ2v) is 8.85. The van der Waals surface area contributed by atoms with Crippen LogP contribution in [-0.2, 0) is 16.9 Å². The van der Waals surface area contributed by atoms with Gasteiger partial charge in [-0.15, -0.1) is 0 Å². The predicted octanol–water partition coefficient (Wildman–Crippen LogP) is 7.81. The third kappa shape index (κ3) is 5.51. The first kappa shape index (κ1) is 26.8. The van der Waals surface area contributed by atoms with Crippen molar-refractivity contribution < 1.29 is 18.9 Å². The lowest BCUT2D eigenvalue weighted by Gasteiger charge is -2.36. The number of ether oxygens (including phenoxy) is 4. The standard InChI is InChI=1S/C34H34O4/c1-6-10-25(2)32-22-13-26(23-33(32)37-5)24-38-34(27-11-8-7-9-12-27,28-14-18-30(35-3)19-15-28)29-16-20-31(36-4)21-17-29/h6-23H,2,24H2,1,3-5H3/b10-6-. The lowest BCUT2D eigenvalue weighted by atomic mass is 9.80. The Balaban J connectivity index is 1.83. The summed E-state index contributed by atoms with van der Waals surface area (Å²) in [6.45, 7) is 6.49. The SMILES string of the molecule is C=C(/C=C\C)c1ccc(COC(c2ccccc2)(c2ccc(OC)cc2)c2ccc(OC)cc2)cc1OC. The Morgan fingerprint density at radius 1 is 0.711 bits per heavy atom. The maximum atomic E-state index is 6.99. The molecule has 38 heavy (non-hydrogen) atoms. The Kier molecular flexibility index (Phi) is 8.67. The highest BCUT2D eigenvalue weighted by Crippen LogP contribution is 2.42. The fraction of sp³-hybridized carbons (Fsp3) is 0.176. The van der Waals surface area contributed by atoms with Crippen LogP contribution in [0.2, 0.25) is 0 Å². The largest absolute Gasteiger partial charge is 0.497 e. The average Bonchev–Trinajstić information content (AvgIpc) is 2.98. The first-order chi connectivity index (χ1) is 18.5. The van der Waals surface area contributed by atoms with Crippen LogP contribution in [0.5, 0.6) is 17.2 Å². The van der Waals surface area contributed by atoms with Gasteiger partial charge in [0, 0.05) is 5.56 Å². The zero-order valence-corrected chi connectivity index (χ0v) is 22.4. The van der Waals surface area contributed by atoms with Gasteiger partial charge < -0.3 is 18.9 Å². The molecule has 0 aliphatic carbocycles. The van der Waals surface area contributed by atoms with Crippen molar-refractivity contribution in [2.75, 3.05) is 21.3 Å². The van der Waals surface area contributed by atoms with Gasteiger partial charge in [0.05, 0.1) is 27.9 Å². The molecule has 0 unspecified atom stereocenters. The van der Waals surface area contributed by atoms with Crippen LogP contribution < -0.4 is 14.2 Å². The van der Waals surface area contributed by atoms with Gasteiger partial charge in [-0.1, -0.05) is 85.5 Å². The Bertz CT molecular complexity index is 1320. The van der Waals surface area contributed by atoms with Crippen molar-refractivity contribution in [3.8, 4) is 17.2 Å². The molecule has 194 valence electrons. The summed E-state index contributed by atoms with van der Waals surface area (Å²) in [6, 6.07) is 32.5. The van der Waals surface area contributed by atoms with E-state index in [0.717, 1.165) is 50.6 Å². The summed E-state index contributed by atoms with van der Waals surface area (Å²) < 4.78 is 23.6. The molecule has 0 atom stereocenters. The number of methoxy groups -OCH3 is 3. The number of allylic oxidation sites excluding steroid dienone is 3. The minimum Gasteiger partial charge on any atom is -0.497 e. The predicted molar refractivity (Wildman–Crippen MR) is 154 cm³/mol. The van der Waals surface area contributed by atoms with Crippen LogP contribution >= 0.6 is 0 Å². The van der Waals surface area contributed by atoms with Gasteiger partial charge in [-0.05, 0) is 65.1 Å². The smallest absolute Gasteiger partial charge is 0.144 e. The molecule has 0 aliphatic rings. The first-order valence-electron chi connectivity index (χ1n) is 12.5. The van der Waals surface area contributed by atoms with Crippen LogP contribution in [0.1, 0.15) is 34.7 Å². The van der Waals surface area contributed by atoms with E-state index in [1.165, 1.54) is 0 Å². The van der Waals surface area contributed by atoms with Gasteiger partial charge in [0.1, 0.15) is 22.8 Å². The summed E-state index contributed by atoms with van der Waals surface area (Å²) in [5.74, 6) is 2.33. The molecule has 0 saturated heterocycles. The van der Waals surface area contributed by atoms with Crippen molar-refractivity contribution in [2.24, 2.45) is 0 Å². The molecule has 0 N–H and O–H groups in total. The molecule has 0 heterocycles. The topological polar surface area (TPSA) is 36.9 Å². The van der Waals surface area contributed by atoms with Crippen molar-refractivity contribution in [3.05, 3.63) is 144 Å². The zero-order valence-electron chi connectivity index (χ0n) is 22.4. The molecule has 4 aromatic carbocycles. The van der Waals surface area contributed by atoms with Gasteiger partial charge in [-0.3, -0.25) is 0 Å². The minimum absolute atomic E-state index is 0.347. The number of benzene rings is 4. The third-order valence-electron chi connectivity index (χ3n) is 6.61. The molecule has 4 nitrogen and oxygen atoms in total. The fourth-order valence-corrected chi connectivity index (χ4v) is 4.65. The molecule has 4 aromatic rings. The Morgan fingerprint density at radius 2 is 1.26 bits per heavy atom. The molecule has 0 saturated carbocycles. The molecule has 4 rings (SSSR count). The fourth-order valence-electron chi connectivity index (χ4n) is 4.65. The molecule has 0 amide bonds. The Morgan fingerprint density at radius 3 is 1.76 bits per heavy atom. The summed E-state index contributed by atoms with van der Waals surface area (Å²) in [4.78, 5) is 0. The number of hydrogen-bond donors (Lipinski definition) is 0. The molecule has 4 heteroatoms. The summed E-state index contributed by atoms with van der Waals surface area (Å²) in [5, 5.41) is 0. The number of hydrogen-bond acceptors (Lipinski definition) is 4. The monoisotopic (exact) mass is 506 g/mol. The van der Waals surface area contributed by atoms with Crippen LogP contribution in [0.3, 0.4) is 0 Å². The molecule has 0 aliphatic heterocycles. The molecular weight excluding hydrogens is 472 g/mol. The van der Waals surface area contributed by atoms with E-state index < -0.39 is 5.60 Å². The second kappa shape index (κ2) is 12.3. The van der Waals surface area contributed by atoms with E-state index in [4.69, 9.17) is 18.9 Å². The Labute approximate surface area is 225 Å². The van der Waals surface area contributed by atoms with E-state index in [2.05, 4.69) is 49.0 Å². The Hall–Kier alpha value is -4.28. The molecule has 0 spiro atoms. The molecule has 0 radical (unpaired) electrons. The quantitative estimate of drug-likeness (QED) is 0.154. The van der Waals surface area contributed by atoms with Crippen molar-refractivity contribution in [1.29, 1.82) is 0 Å². The first-order valence-corrected chi connectivity index (χ1v) is 12.5. The van der Waals surface area contributed by atoms with E-state index in [1.54, 1.807) is 21.3 Å². The van der Waals surface area contributed by atoms with Crippen LogP contribution in [0, 0.1) is 0 Å². The molecular formula is C34H34O4. The second-order valence-electron chi connectivity index (χ2n) is 8.85. The minimum atomic E-state index is -0.889. The average molecular weight is 507 g/mol. The van der Waals surface area contributed by atoms with Crippen molar-refractivity contribution in [1.82, 2.24) is 0 Å². The highest BCUT2D eigenvalue weighted by atomic mass is 16.5. The molecule has 0 fully saturated rings. The van der Waals surface area contributed by atoms with Gasteiger partial charge in [0.15, 0.2) is 0 Å². The lowest BCUT2D eigenvalue weighted by Crippen LogP contribution is -2.32. The van der Waals surface area contributed by atoms with E-state index >= 15 is 0 Å². The van der Waals surface area contributed by atoms with E-state index in [1.807, 2.05) is 73.7 Å². The third-order valence-corrected chi connectivity index (χ3v) is 6.61. The van der Waals surface area contributed by atoms with Crippen molar-refractivity contribution >= 4 is 5.57 Å². The summed E-state index contributed by atoms with van der Waals surface area (Å²) in [5.41, 5.74) is 4.93. The lowest BCUT2D eigenvalue weighted by molar-refractivity contribution is 0.000126. The van der Waals surface area contributed by atoms with Gasteiger partial charge >= 0.3 is 0 Å². The summed E-state index contributed by atoms with van der Waals surface area (Å²) in [6.07, 6.45) is 3.94. The van der Waals surface area contributed by atoms with Crippen LogP contribution in [0.25, 0.3) is 5.57 Å².